The summed E-state index contributed by atoms with van der Waals surface area (Å²) in [4.78, 5) is 4.86. The molecule has 146 valence electrons. The number of para-hydroxylation sites is 1. The largest absolute Gasteiger partial charge is 0.370 e. The monoisotopic (exact) mass is 403 g/mol. The summed E-state index contributed by atoms with van der Waals surface area (Å²) in [5.41, 5.74) is 4.24. The maximum absolute atomic E-state index is 11.4. The van der Waals surface area contributed by atoms with Crippen molar-refractivity contribution in [3.05, 3.63) is 90.5 Å². The highest BCUT2D eigenvalue weighted by Crippen LogP contribution is 2.30. The van der Waals surface area contributed by atoms with Gasteiger partial charge in [0.1, 0.15) is 5.82 Å². The van der Waals surface area contributed by atoms with Crippen molar-refractivity contribution in [1.29, 1.82) is 0 Å². The molecule has 3 aromatic carbocycles. The Labute approximate surface area is 170 Å². The number of aromatic nitrogens is 1. The smallest absolute Gasteiger partial charge is 0.238 e. The van der Waals surface area contributed by atoms with E-state index >= 15 is 0 Å². The molecule has 1 aromatic heterocycles. The molecular formula is C23H21N3O2S. The fourth-order valence-corrected chi connectivity index (χ4v) is 3.82. The molecule has 0 aliphatic carbocycles. The summed E-state index contributed by atoms with van der Waals surface area (Å²) in [5.74, 6) is 0.809. The van der Waals surface area contributed by atoms with Crippen molar-refractivity contribution in [1.82, 2.24) is 4.98 Å². The van der Waals surface area contributed by atoms with Gasteiger partial charge < -0.3 is 5.32 Å². The van der Waals surface area contributed by atoms with Crippen LogP contribution < -0.4 is 10.5 Å². The number of benzene rings is 3. The van der Waals surface area contributed by atoms with Gasteiger partial charge in [0.15, 0.2) is 0 Å². The van der Waals surface area contributed by atoms with Crippen LogP contribution in [0.4, 0.5) is 5.82 Å². The number of rotatable bonds is 6. The van der Waals surface area contributed by atoms with Crippen LogP contribution in [-0.2, 0) is 16.4 Å². The fraction of sp³-hybridized carbons (Fsp3) is 0.0870. The van der Waals surface area contributed by atoms with E-state index in [1.54, 1.807) is 12.1 Å². The van der Waals surface area contributed by atoms with Gasteiger partial charge in [-0.1, -0.05) is 60.7 Å². The number of pyridine rings is 1. The van der Waals surface area contributed by atoms with Crippen LogP contribution in [0.15, 0.2) is 89.8 Å². The average molecular weight is 404 g/mol. The summed E-state index contributed by atoms with van der Waals surface area (Å²) in [6.45, 7) is 0.675. The first kappa shape index (κ1) is 19.1. The molecule has 5 nitrogen and oxygen atoms in total. The van der Waals surface area contributed by atoms with Crippen molar-refractivity contribution in [2.45, 2.75) is 11.3 Å². The Kier molecular flexibility index (Phi) is 5.29. The van der Waals surface area contributed by atoms with E-state index in [9.17, 15) is 8.42 Å². The number of anilines is 1. The lowest BCUT2D eigenvalue weighted by Crippen LogP contribution is -2.12. The molecule has 0 bridgehead atoms. The molecule has 0 saturated heterocycles. The Balaban J connectivity index is 1.54. The van der Waals surface area contributed by atoms with E-state index in [4.69, 9.17) is 10.1 Å². The zero-order chi connectivity index (χ0) is 20.3. The quantitative estimate of drug-likeness (QED) is 0.505. The van der Waals surface area contributed by atoms with Gasteiger partial charge in [-0.25, -0.2) is 18.5 Å². The summed E-state index contributed by atoms with van der Waals surface area (Å²) in [7, 11) is -3.66. The molecule has 0 spiro atoms. The van der Waals surface area contributed by atoms with Crippen LogP contribution in [-0.4, -0.2) is 19.9 Å². The van der Waals surface area contributed by atoms with E-state index in [1.807, 2.05) is 36.4 Å². The van der Waals surface area contributed by atoms with Crippen molar-refractivity contribution in [2.75, 3.05) is 11.9 Å². The molecule has 0 saturated carbocycles. The predicted molar refractivity (Wildman–Crippen MR) is 117 cm³/mol. The number of hydrogen-bond acceptors (Lipinski definition) is 4. The first-order valence-corrected chi connectivity index (χ1v) is 10.9. The number of sulfonamides is 1. The van der Waals surface area contributed by atoms with Crippen LogP contribution in [0.2, 0.25) is 0 Å². The number of nitrogens with two attached hydrogens (primary N) is 1. The Morgan fingerprint density at radius 1 is 0.862 bits per heavy atom. The lowest BCUT2D eigenvalue weighted by atomic mass is 10.0. The lowest BCUT2D eigenvalue weighted by molar-refractivity contribution is 0.598. The van der Waals surface area contributed by atoms with E-state index in [0.29, 0.717) is 6.54 Å². The number of hydrogen-bond donors (Lipinski definition) is 2. The Morgan fingerprint density at radius 3 is 2.28 bits per heavy atom. The standard InChI is InChI=1S/C23H21N3O2S/c24-29(27,28)19-12-10-17(11-13-19)14-15-25-23-16-21(18-6-2-1-3-7-18)20-8-4-5-9-22(20)26-23/h1-13,16H,14-15H2,(H,25,26)(H2,24,27,28). The summed E-state index contributed by atoms with van der Waals surface area (Å²) in [5, 5.41) is 9.64. The minimum absolute atomic E-state index is 0.123. The Morgan fingerprint density at radius 2 is 1.55 bits per heavy atom. The second-order valence-electron chi connectivity index (χ2n) is 6.80. The van der Waals surface area contributed by atoms with Gasteiger partial charge in [-0.05, 0) is 47.4 Å². The van der Waals surface area contributed by atoms with Crippen molar-refractivity contribution in [3.8, 4) is 11.1 Å². The zero-order valence-corrected chi connectivity index (χ0v) is 16.6. The van der Waals surface area contributed by atoms with E-state index in [2.05, 4.69) is 29.6 Å². The second kappa shape index (κ2) is 8.03. The van der Waals surface area contributed by atoms with Crippen LogP contribution in [0.5, 0.6) is 0 Å². The SMILES string of the molecule is NS(=O)(=O)c1ccc(CCNc2cc(-c3ccccc3)c3ccccc3n2)cc1. The molecule has 0 atom stereocenters. The third-order valence-corrected chi connectivity index (χ3v) is 5.70. The molecule has 1 heterocycles. The van der Waals surface area contributed by atoms with E-state index in [0.717, 1.165) is 39.8 Å². The molecule has 4 rings (SSSR count). The van der Waals surface area contributed by atoms with Crippen molar-refractivity contribution >= 4 is 26.7 Å². The molecular weight excluding hydrogens is 382 g/mol. The number of nitrogens with one attached hydrogen (secondary N) is 1. The molecule has 0 unspecified atom stereocenters. The number of primary sulfonamides is 1. The summed E-state index contributed by atoms with van der Waals surface area (Å²) in [6.07, 6.45) is 0.736. The highest BCUT2D eigenvalue weighted by atomic mass is 32.2. The van der Waals surface area contributed by atoms with E-state index in [1.165, 1.54) is 12.1 Å². The second-order valence-corrected chi connectivity index (χ2v) is 8.37. The predicted octanol–water partition coefficient (Wildman–Crippen LogP) is 4.20. The maximum atomic E-state index is 11.4. The topological polar surface area (TPSA) is 85.1 Å². The van der Waals surface area contributed by atoms with Gasteiger partial charge in [-0.2, -0.15) is 0 Å². The van der Waals surface area contributed by atoms with Gasteiger partial charge in [0.2, 0.25) is 10.0 Å². The van der Waals surface area contributed by atoms with Crippen molar-refractivity contribution in [2.24, 2.45) is 5.14 Å². The van der Waals surface area contributed by atoms with Gasteiger partial charge in [0, 0.05) is 11.9 Å². The first-order valence-electron chi connectivity index (χ1n) is 9.31. The highest BCUT2D eigenvalue weighted by Gasteiger charge is 2.09. The number of nitrogens with zero attached hydrogens (tertiary/aromatic N) is 1. The molecule has 29 heavy (non-hydrogen) atoms. The van der Waals surface area contributed by atoms with Crippen molar-refractivity contribution < 1.29 is 8.42 Å². The van der Waals surface area contributed by atoms with Gasteiger partial charge >= 0.3 is 0 Å². The summed E-state index contributed by atoms with van der Waals surface area (Å²) < 4.78 is 22.7. The minimum Gasteiger partial charge on any atom is -0.370 e. The van der Waals surface area contributed by atoms with Crippen LogP contribution >= 0.6 is 0 Å². The molecule has 0 radical (unpaired) electrons. The van der Waals surface area contributed by atoms with Gasteiger partial charge in [0.05, 0.1) is 10.4 Å². The molecule has 4 aromatic rings. The van der Waals surface area contributed by atoms with Crippen LogP contribution in [0.3, 0.4) is 0 Å². The molecule has 0 fully saturated rings. The average Bonchev–Trinajstić information content (AvgIpc) is 2.73. The third kappa shape index (κ3) is 4.45. The third-order valence-electron chi connectivity index (χ3n) is 4.77. The van der Waals surface area contributed by atoms with E-state index in [-0.39, 0.29) is 4.90 Å². The lowest BCUT2D eigenvalue weighted by Gasteiger charge is -2.12. The Bertz CT molecular complexity index is 1240. The van der Waals surface area contributed by atoms with Gasteiger partial charge in [0.25, 0.3) is 0 Å². The molecule has 3 N–H and O–H groups in total. The van der Waals surface area contributed by atoms with Crippen molar-refractivity contribution in [3.63, 3.8) is 0 Å². The fourth-order valence-electron chi connectivity index (χ4n) is 3.30. The first-order chi connectivity index (χ1) is 14.0. The highest BCUT2D eigenvalue weighted by molar-refractivity contribution is 7.89. The molecule has 0 aliphatic rings. The van der Waals surface area contributed by atoms with Gasteiger partial charge in [-0.15, -0.1) is 0 Å². The minimum atomic E-state index is -3.66. The van der Waals surface area contributed by atoms with Crippen LogP contribution in [0.25, 0.3) is 22.0 Å². The maximum Gasteiger partial charge on any atom is 0.238 e. The number of fused-ring (bicyclic) bond motifs is 1. The van der Waals surface area contributed by atoms with Crippen LogP contribution in [0, 0.1) is 0 Å². The molecule has 0 amide bonds. The Hall–Kier alpha value is -3.22. The zero-order valence-electron chi connectivity index (χ0n) is 15.7. The van der Waals surface area contributed by atoms with Crippen LogP contribution in [0.1, 0.15) is 5.56 Å². The summed E-state index contributed by atoms with van der Waals surface area (Å²) >= 11 is 0. The normalized spacial score (nSPS) is 11.5. The van der Waals surface area contributed by atoms with E-state index < -0.39 is 10.0 Å². The summed E-state index contributed by atoms with van der Waals surface area (Å²) in [6, 6.07) is 27.1. The van der Waals surface area contributed by atoms with Gasteiger partial charge in [-0.3, -0.25) is 0 Å². The molecule has 0 aliphatic heterocycles. The molecule has 6 heteroatoms.